The first-order chi connectivity index (χ1) is 10.6. The van der Waals surface area contributed by atoms with Crippen molar-refractivity contribution in [1.82, 2.24) is 0 Å². The molecule has 1 aromatic carbocycles. The number of carbonyl (C=O) groups is 2. The highest BCUT2D eigenvalue weighted by molar-refractivity contribution is 6.17. The standard InChI is InChI=1S/C17H14O5/c1-4-10-21-16(18)14(17(19)22-11-5-2)12-13-8-6-7-9-15(13)20-3/h1-2,6-9,12H,10-11H2,3H3. The first-order valence-electron chi connectivity index (χ1n) is 6.20. The van der Waals surface area contributed by atoms with Crippen molar-refractivity contribution in [3.63, 3.8) is 0 Å². The van der Waals surface area contributed by atoms with Crippen LogP contribution < -0.4 is 4.74 Å². The summed E-state index contributed by atoms with van der Waals surface area (Å²) in [7, 11) is 1.47. The summed E-state index contributed by atoms with van der Waals surface area (Å²) in [6.45, 7) is -0.519. The fourth-order valence-corrected chi connectivity index (χ4v) is 1.51. The first-order valence-corrected chi connectivity index (χ1v) is 6.20. The smallest absolute Gasteiger partial charge is 0.346 e. The third-order valence-electron chi connectivity index (χ3n) is 2.45. The topological polar surface area (TPSA) is 61.8 Å². The molecule has 112 valence electrons. The number of para-hydroxylation sites is 1. The molecule has 0 aliphatic heterocycles. The first kappa shape index (κ1) is 16.9. The van der Waals surface area contributed by atoms with Gasteiger partial charge in [0, 0.05) is 5.56 Å². The van der Waals surface area contributed by atoms with Crippen LogP contribution in [0.4, 0.5) is 0 Å². The molecule has 0 aliphatic carbocycles. The molecule has 0 unspecified atom stereocenters. The molecular formula is C17H14O5. The molecule has 22 heavy (non-hydrogen) atoms. The number of hydrogen-bond acceptors (Lipinski definition) is 5. The summed E-state index contributed by atoms with van der Waals surface area (Å²) in [5.74, 6) is 2.97. The van der Waals surface area contributed by atoms with Gasteiger partial charge in [-0.25, -0.2) is 9.59 Å². The van der Waals surface area contributed by atoms with Gasteiger partial charge in [0.05, 0.1) is 7.11 Å². The number of rotatable bonds is 6. The normalized spacial score (nSPS) is 8.86. The van der Waals surface area contributed by atoms with Gasteiger partial charge in [-0.3, -0.25) is 0 Å². The summed E-state index contributed by atoms with van der Waals surface area (Å²) >= 11 is 0. The van der Waals surface area contributed by atoms with Gasteiger partial charge in [-0.15, -0.1) is 12.8 Å². The van der Waals surface area contributed by atoms with Crippen LogP contribution in [-0.2, 0) is 19.1 Å². The van der Waals surface area contributed by atoms with E-state index in [1.807, 2.05) is 0 Å². The molecule has 0 aliphatic rings. The van der Waals surface area contributed by atoms with E-state index in [1.54, 1.807) is 24.3 Å². The number of terminal acetylenes is 2. The van der Waals surface area contributed by atoms with E-state index < -0.39 is 11.9 Å². The second-order valence-corrected chi connectivity index (χ2v) is 3.86. The van der Waals surface area contributed by atoms with Gasteiger partial charge in [0.25, 0.3) is 0 Å². The Hall–Kier alpha value is -3.18. The molecule has 0 N–H and O–H groups in total. The lowest BCUT2D eigenvalue weighted by Crippen LogP contribution is -2.18. The molecule has 0 fully saturated rings. The zero-order valence-electron chi connectivity index (χ0n) is 12.0. The van der Waals surface area contributed by atoms with Gasteiger partial charge >= 0.3 is 11.9 Å². The highest BCUT2D eigenvalue weighted by Crippen LogP contribution is 2.21. The summed E-state index contributed by atoms with van der Waals surface area (Å²) in [6, 6.07) is 6.83. The van der Waals surface area contributed by atoms with E-state index in [9.17, 15) is 9.59 Å². The number of methoxy groups -OCH3 is 1. The van der Waals surface area contributed by atoms with Crippen LogP contribution in [0.3, 0.4) is 0 Å². The van der Waals surface area contributed by atoms with E-state index in [1.165, 1.54) is 13.2 Å². The lowest BCUT2D eigenvalue weighted by Gasteiger charge is -2.08. The quantitative estimate of drug-likeness (QED) is 0.261. The summed E-state index contributed by atoms with van der Waals surface area (Å²) < 4.78 is 14.7. The van der Waals surface area contributed by atoms with E-state index >= 15 is 0 Å². The molecule has 0 aromatic heterocycles. The van der Waals surface area contributed by atoms with Crippen molar-refractivity contribution in [3.8, 4) is 30.4 Å². The number of benzene rings is 1. The van der Waals surface area contributed by atoms with Gasteiger partial charge in [0.15, 0.2) is 13.2 Å². The molecule has 0 saturated carbocycles. The fraction of sp³-hybridized carbons (Fsp3) is 0.176. The lowest BCUT2D eigenvalue weighted by atomic mass is 10.1. The maximum atomic E-state index is 11.9. The van der Waals surface area contributed by atoms with Gasteiger partial charge in [0.2, 0.25) is 0 Å². The maximum Gasteiger partial charge on any atom is 0.346 e. The molecule has 1 aromatic rings. The highest BCUT2D eigenvalue weighted by Gasteiger charge is 2.22. The molecule has 5 nitrogen and oxygen atoms in total. The molecular weight excluding hydrogens is 284 g/mol. The third-order valence-corrected chi connectivity index (χ3v) is 2.45. The summed E-state index contributed by atoms with van der Waals surface area (Å²) in [5, 5.41) is 0. The molecule has 5 heteroatoms. The molecule has 0 bridgehead atoms. The fourth-order valence-electron chi connectivity index (χ4n) is 1.51. The van der Waals surface area contributed by atoms with Crippen LogP contribution in [0.2, 0.25) is 0 Å². The Balaban J connectivity index is 3.16. The monoisotopic (exact) mass is 298 g/mol. The summed E-state index contributed by atoms with van der Waals surface area (Å²) in [5.41, 5.74) is 0.185. The molecule has 0 spiro atoms. The molecule has 0 amide bonds. The van der Waals surface area contributed by atoms with Crippen molar-refractivity contribution in [2.75, 3.05) is 20.3 Å². The Labute approximate surface area is 128 Å². The number of carbonyl (C=O) groups excluding carboxylic acids is 2. The minimum Gasteiger partial charge on any atom is -0.496 e. The number of hydrogen-bond donors (Lipinski definition) is 0. The van der Waals surface area contributed by atoms with Crippen LogP contribution >= 0.6 is 0 Å². The molecule has 0 atom stereocenters. The zero-order chi connectivity index (χ0) is 16.4. The van der Waals surface area contributed by atoms with Crippen LogP contribution in [0.1, 0.15) is 5.56 Å². The third kappa shape index (κ3) is 4.73. The van der Waals surface area contributed by atoms with Gasteiger partial charge in [0.1, 0.15) is 11.3 Å². The zero-order valence-corrected chi connectivity index (χ0v) is 12.0. The Morgan fingerprint density at radius 3 is 2.14 bits per heavy atom. The second-order valence-electron chi connectivity index (χ2n) is 3.86. The van der Waals surface area contributed by atoms with Gasteiger partial charge in [-0.05, 0) is 12.1 Å². The van der Waals surface area contributed by atoms with Crippen LogP contribution in [0.15, 0.2) is 29.8 Å². The van der Waals surface area contributed by atoms with E-state index in [-0.39, 0.29) is 18.8 Å². The van der Waals surface area contributed by atoms with Crippen molar-refractivity contribution >= 4 is 18.0 Å². The Morgan fingerprint density at radius 1 is 1.09 bits per heavy atom. The van der Waals surface area contributed by atoms with Crippen molar-refractivity contribution in [2.45, 2.75) is 0 Å². The molecule has 0 radical (unpaired) electrons. The summed E-state index contributed by atoms with van der Waals surface area (Å²) in [4.78, 5) is 23.9. The summed E-state index contributed by atoms with van der Waals surface area (Å²) in [6.07, 6.45) is 11.3. The maximum absolute atomic E-state index is 11.9. The predicted octanol–water partition coefficient (Wildman–Crippen LogP) is 1.43. The predicted molar refractivity (Wildman–Crippen MR) is 80.6 cm³/mol. The van der Waals surface area contributed by atoms with E-state index in [0.29, 0.717) is 11.3 Å². The Kier molecular flexibility index (Phi) is 6.81. The largest absolute Gasteiger partial charge is 0.496 e. The van der Waals surface area contributed by atoms with Crippen molar-refractivity contribution in [1.29, 1.82) is 0 Å². The van der Waals surface area contributed by atoms with Crippen LogP contribution in [0.5, 0.6) is 5.75 Å². The average molecular weight is 298 g/mol. The van der Waals surface area contributed by atoms with Crippen LogP contribution in [0.25, 0.3) is 6.08 Å². The lowest BCUT2D eigenvalue weighted by molar-refractivity contribution is -0.145. The van der Waals surface area contributed by atoms with E-state index in [2.05, 4.69) is 11.8 Å². The highest BCUT2D eigenvalue weighted by atomic mass is 16.6. The average Bonchev–Trinajstić information content (AvgIpc) is 2.55. The SMILES string of the molecule is C#CCOC(=O)C(=Cc1ccccc1OC)C(=O)OCC#C. The number of ether oxygens (including phenoxy) is 3. The second kappa shape index (κ2) is 8.89. The van der Waals surface area contributed by atoms with E-state index in [4.69, 9.17) is 27.1 Å². The van der Waals surface area contributed by atoms with Gasteiger partial charge in [-0.1, -0.05) is 30.0 Å². The molecule has 1 rings (SSSR count). The van der Waals surface area contributed by atoms with Gasteiger partial charge < -0.3 is 14.2 Å². The van der Waals surface area contributed by atoms with Gasteiger partial charge in [-0.2, -0.15) is 0 Å². The van der Waals surface area contributed by atoms with Crippen LogP contribution in [0, 0.1) is 24.7 Å². The van der Waals surface area contributed by atoms with E-state index in [0.717, 1.165) is 0 Å². The molecule has 0 saturated heterocycles. The molecule has 0 heterocycles. The minimum atomic E-state index is -0.897. The minimum absolute atomic E-state index is 0.259. The Bertz CT molecular complexity index is 626. The van der Waals surface area contributed by atoms with Crippen molar-refractivity contribution in [2.24, 2.45) is 0 Å². The van der Waals surface area contributed by atoms with Crippen molar-refractivity contribution < 1.29 is 23.8 Å². The number of esters is 2. The Morgan fingerprint density at radius 2 is 1.64 bits per heavy atom. The van der Waals surface area contributed by atoms with Crippen LogP contribution in [-0.4, -0.2) is 32.3 Å². The van der Waals surface area contributed by atoms with Crippen molar-refractivity contribution in [3.05, 3.63) is 35.4 Å².